The fourth-order valence-corrected chi connectivity index (χ4v) is 2.54. The fourth-order valence-electron chi connectivity index (χ4n) is 2.54. The van der Waals surface area contributed by atoms with E-state index >= 15 is 0 Å². The van der Waals surface area contributed by atoms with E-state index in [1.54, 1.807) is 30.3 Å². The van der Waals surface area contributed by atoms with Gasteiger partial charge in [0.05, 0.1) is 12.2 Å². The maximum absolute atomic E-state index is 13.8. The van der Waals surface area contributed by atoms with Crippen molar-refractivity contribution in [1.82, 2.24) is 4.98 Å². The summed E-state index contributed by atoms with van der Waals surface area (Å²) in [6, 6.07) is 17.5. The number of nitrogens with one attached hydrogen (secondary N) is 1. The first-order valence-electron chi connectivity index (χ1n) is 7.94. The maximum atomic E-state index is 13.8. The smallest absolute Gasteiger partial charge is 0.241 e. The van der Waals surface area contributed by atoms with Crippen LogP contribution in [0.4, 0.5) is 10.1 Å². The van der Waals surface area contributed by atoms with E-state index in [2.05, 4.69) is 10.3 Å². The number of halogens is 1. The second kappa shape index (κ2) is 7.68. The molecule has 1 atom stereocenters. The van der Waals surface area contributed by atoms with Crippen LogP contribution in [-0.4, -0.2) is 16.9 Å². The third kappa shape index (κ3) is 4.28. The molecule has 0 aliphatic heterocycles. The molecule has 1 aromatic heterocycles. The molecule has 25 heavy (non-hydrogen) atoms. The van der Waals surface area contributed by atoms with Gasteiger partial charge in [0.2, 0.25) is 5.91 Å². The van der Waals surface area contributed by atoms with Crippen LogP contribution in [0, 0.1) is 5.82 Å². The molecule has 0 saturated carbocycles. The Morgan fingerprint density at radius 2 is 1.80 bits per heavy atom. The van der Waals surface area contributed by atoms with E-state index in [1.165, 1.54) is 12.4 Å². The summed E-state index contributed by atoms with van der Waals surface area (Å²) >= 11 is 0. The summed E-state index contributed by atoms with van der Waals surface area (Å²) in [7, 11) is 0. The molecule has 3 N–H and O–H groups in total. The molecule has 0 spiro atoms. The highest BCUT2D eigenvalue weighted by atomic mass is 19.1. The zero-order valence-corrected chi connectivity index (χ0v) is 13.5. The molecule has 3 aromatic rings. The van der Waals surface area contributed by atoms with Gasteiger partial charge in [0.15, 0.2) is 0 Å². The predicted octanol–water partition coefficient (Wildman–Crippen LogP) is 3.40. The summed E-state index contributed by atoms with van der Waals surface area (Å²) in [5.74, 6) is -0.643. The molecule has 0 aliphatic carbocycles. The van der Waals surface area contributed by atoms with Crippen LogP contribution < -0.4 is 11.1 Å². The van der Waals surface area contributed by atoms with E-state index < -0.39 is 6.04 Å². The topological polar surface area (TPSA) is 68.0 Å². The molecule has 0 unspecified atom stereocenters. The number of carbonyl (C=O) groups is 1. The summed E-state index contributed by atoms with van der Waals surface area (Å²) in [4.78, 5) is 16.0. The lowest BCUT2D eigenvalue weighted by Gasteiger charge is -2.13. The third-order valence-corrected chi connectivity index (χ3v) is 3.87. The van der Waals surface area contributed by atoms with Crippen molar-refractivity contribution in [2.45, 2.75) is 12.5 Å². The first-order chi connectivity index (χ1) is 12.1. The van der Waals surface area contributed by atoms with E-state index in [4.69, 9.17) is 5.73 Å². The van der Waals surface area contributed by atoms with E-state index in [0.29, 0.717) is 23.2 Å². The van der Waals surface area contributed by atoms with Crippen molar-refractivity contribution < 1.29 is 9.18 Å². The maximum Gasteiger partial charge on any atom is 0.241 e. The highest BCUT2D eigenvalue weighted by molar-refractivity contribution is 5.95. The minimum Gasteiger partial charge on any atom is -0.325 e. The molecule has 126 valence electrons. The number of aromatic nitrogens is 1. The molecule has 5 heteroatoms. The molecule has 3 rings (SSSR count). The molecular weight excluding hydrogens is 317 g/mol. The van der Waals surface area contributed by atoms with Crippen LogP contribution in [0.5, 0.6) is 0 Å². The average Bonchev–Trinajstić information content (AvgIpc) is 2.64. The molecule has 2 aromatic carbocycles. The quantitative estimate of drug-likeness (QED) is 0.751. The molecule has 0 radical (unpaired) electrons. The number of pyridine rings is 1. The largest absolute Gasteiger partial charge is 0.325 e. The van der Waals surface area contributed by atoms with Crippen molar-refractivity contribution >= 4 is 11.6 Å². The minimum absolute atomic E-state index is 0.258. The average molecular weight is 335 g/mol. The van der Waals surface area contributed by atoms with Crippen LogP contribution in [0.25, 0.3) is 11.1 Å². The van der Waals surface area contributed by atoms with Gasteiger partial charge in [-0.1, -0.05) is 42.5 Å². The molecule has 0 fully saturated rings. The van der Waals surface area contributed by atoms with Crippen LogP contribution in [0.2, 0.25) is 0 Å². The molecule has 1 amide bonds. The van der Waals surface area contributed by atoms with E-state index in [1.807, 2.05) is 30.3 Å². The Morgan fingerprint density at radius 3 is 2.48 bits per heavy atom. The number of nitrogens with two attached hydrogens (primary N) is 1. The number of anilines is 1. The number of hydrogen-bond donors (Lipinski definition) is 2. The van der Waals surface area contributed by atoms with Crippen molar-refractivity contribution in [3.63, 3.8) is 0 Å². The summed E-state index contributed by atoms with van der Waals surface area (Å²) in [5, 5.41) is 2.79. The van der Waals surface area contributed by atoms with Gasteiger partial charge >= 0.3 is 0 Å². The molecule has 1 heterocycles. The van der Waals surface area contributed by atoms with Crippen molar-refractivity contribution in [2.75, 3.05) is 5.32 Å². The van der Waals surface area contributed by atoms with Crippen LogP contribution >= 0.6 is 0 Å². The molecule has 0 saturated heterocycles. The summed E-state index contributed by atoms with van der Waals surface area (Å²) < 4.78 is 13.8. The minimum atomic E-state index is -0.639. The Hall–Kier alpha value is -3.05. The number of carbonyl (C=O) groups excluding carboxylic acids is 1. The van der Waals surface area contributed by atoms with Gasteiger partial charge in [0.25, 0.3) is 0 Å². The van der Waals surface area contributed by atoms with Gasteiger partial charge in [-0.05, 0) is 35.7 Å². The van der Waals surface area contributed by atoms with E-state index in [-0.39, 0.29) is 11.7 Å². The Kier molecular flexibility index (Phi) is 5.16. The molecule has 0 aliphatic rings. The molecule has 4 nitrogen and oxygen atoms in total. The lowest BCUT2D eigenvalue weighted by atomic mass is 10.1. The Balaban J connectivity index is 1.65. The number of nitrogens with zero attached hydrogens (tertiary/aromatic N) is 1. The lowest BCUT2D eigenvalue weighted by molar-refractivity contribution is -0.117. The van der Waals surface area contributed by atoms with Crippen LogP contribution in [0.3, 0.4) is 0 Å². The molecular formula is C20H18FN3O. The van der Waals surface area contributed by atoms with Gasteiger partial charge in [0, 0.05) is 17.4 Å². The predicted molar refractivity (Wildman–Crippen MR) is 96.4 cm³/mol. The van der Waals surface area contributed by atoms with Gasteiger partial charge < -0.3 is 11.1 Å². The fraction of sp³-hybridized carbons (Fsp3) is 0.100. The number of hydrogen-bond acceptors (Lipinski definition) is 3. The first kappa shape index (κ1) is 16.8. The summed E-state index contributed by atoms with van der Waals surface area (Å²) in [6.45, 7) is 0. The van der Waals surface area contributed by atoms with Gasteiger partial charge in [-0.3, -0.25) is 9.78 Å². The third-order valence-electron chi connectivity index (χ3n) is 3.87. The van der Waals surface area contributed by atoms with Crippen LogP contribution in [0.1, 0.15) is 5.56 Å². The Bertz CT molecular complexity index is 850. The standard InChI is InChI=1S/C20H18FN3O/c21-18-13-23-11-10-17(18)15-6-8-16(9-7-15)24-20(25)19(22)12-14-4-2-1-3-5-14/h1-11,13,19H,12,22H2,(H,24,25)/t19-/m1/s1. The van der Waals surface area contributed by atoms with Crippen molar-refractivity contribution in [1.29, 1.82) is 0 Å². The summed E-state index contributed by atoms with van der Waals surface area (Å²) in [6.07, 6.45) is 3.18. The highest BCUT2D eigenvalue weighted by Gasteiger charge is 2.14. The zero-order valence-electron chi connectivity index (χ0n) is 13.5. The monoisotopic (exact) mass is 335 g/mol. The van der Waals surface area contributed by atoms with Gasteiger partial charge in [0.1, 0.15) is 5.82 Å². The highest BCUT2D eigenvalue weighted by Crippen LogP contribution is 2.23. The van der Waals surface area contributed by atoms with Crippen molar-refractivity contribution in [3.05, 3.63) is 84.4 Å². The van der Waals surface area contributed by atoms with Crippen LogP contribution in [0.15, 0.2) is 73.1 Å². The second-order valence-electron chi connectivity index (χ2n) is 5.72. The molecule has 0 bridgehead atoms. The Labute approximate surface area is 145 Å². The van der Waals surface area contributed by atoms with E-state index in [9.17, 15) is 9.18 Å². The first-order valence-corrected chi connectivity index (χ1v) is 7.94. The van der Waals surface area contributed by atoms with Crippen molar-refractivity contribution in [3.8, 4) is 11.1 Å². The number of benzene rings is 2. The normalized spacial score (nSPS) is 11.8. The van der Waals surface area contributed by atoms with Gasteiger partial charge in [-0.2, -0.15) is 0 Å². The Morgan fingerprint density at radius 1 is 1.08 bits per heavy atom. The SMILES string of the molecule is N[C@H](Cc1ccccc1)C(=O)Nc1ccc(-c2ccncc2F)cc1. The lowest BCUT2D eigenvalue weighted by Crippen LogP contribution is -2.37. The second-order valence-corrected chi connectivity index (χ2v) is 5.72. The van der Waals surface area contributed by atoms with E-state index in [0.717, 1.165) is 5.56 Å². The number of amides is 1. The van der Waals surface area contributed by atoms with Gasteiger partial charge in [-0.15, -0.1) is 0 Å². The summed E-state index contributed by atoms with van der Waals surface area (Å²) in [5.41, 5.74) is 8.78. The van der Waals surface area contributed by atoms with Gasteiger partial charge in [-0.25, -0.2) is 4.39 Å². The van der Waals surface area contributed by atoms with Crippen LogP contribution in [-0.2, 0) is 11.2 Å². The van der Waals surface area contributed by atoms with Crippen molar-refractivity contribution in [2.24, 2.45) is 5.73 Å². The number of rotatable bonds is 5. The zero-order chi connectivity index (χ0) is 17.6.